The normalized spacial score (nSPS) is 11.2. The van der Waals surface area contributed by atoms with Crippen LogP contribution in [0.25, 0.3) is 11.1 Å². The molecule has 0 radical (unpaired) electrons. The van der Waals surface area contributed by atoms with Crippen molar-refractivity contribution in [2.45, 2.75) is 6.36 Å². The molecule has 0 heterocycles. The van der Waals surface area contributed by atoms with Crippen LogP contribution in [0.15, 0.2) is 42.5 Å². The van der Waals surface area contributed by atoms with E-state index in [4.69, 9.17) is 5.11 Å². The van der Waals surface area contributed by atoms with Crippen LogP contribution in [0, 0.1) is 5.82 Å². The molecule has 1 N–H and O–H groups in total. The Morgan fingerprint density at radius 3 is 2.43 bits per heavy atom. The first-order valence-electron chi connectivity index (χ1n) is 5.65. The molecule has 0 aliphatic carbocycles. The zero-order valence-electron chi connectivity index (χ0n) is 10.3. The van der Waals surface area contributed by atoms with Crippen molar-refractivity contribution in [1.82, 2.24) is 0 Å². The quantitative estimate of drug-likeness (QED) is 0.868. The fourth-order valence-corrected chi connectivity index (χ4v) is 1.74. The maximum Gasteiger partial charge on any atom is 0.573 e. The molecule has 0 fully saturated rings. The van der Waals surface area contributed by atoms with Crippen molar-refractivity contribution >= 4 is 5.97 Å². The first kappa shape index (κ1) is 14.8. The van der Waals surface area contributed by atoms with Gasteiger partial charge >= 0.3 is 12.3 Å². The first-order valence-corrected chi connectivity index (χ1v) is 5.65. The van der Waals surface area contributed by atoms with Gasteiger partial charge in [-0.2, -0.15) is 0 Å². The molecule has 0 aliphatic heterocycles. The molecular formula is C14H8F4O3. The van der Waals surface area contributed by atoms with Crippen LogP contribution in [0.3, 0.4) is 0 Å². The zero-order chi connectivity index (χ0) is 15.6. The lowest BCUT2D eigenvalue weighted by molar-refractivity contribution is -0.274. The van der Waals surface area contributed by atoms with E-state index in [0.717, 1.165) is 30.3 Å². The van der Waals surface area contributed by atoms with E-state index in [1.54, 1.807) is 0 Å². The number of alkyl halides is 3. The van der Waals surface area contributed by atoms with Gasteiger partial charge in [0.2, 0.25) is 0 Å². The molecule has 0 aliphatic rings. The number of benzene rings is 2. The number of rotatable bonds is 3. The average Bonchev–Trinajstić information content (AvgIpc) is 2.37. The summed E-state index contributed by atoms with van der Waals surface area (Å²) in [4.78, 5) is 10.9. The SMILES string of the molecule is O=C(O)c1ccc(F)c(-c2cccc(OC(F)(F)F)c2)c1. The van der Waals surface area contributed by atoms with Gasteiger partial charge in [-0.1, -0.05) is 12.1 Å². The highest BCUT2D eigenvalue weighted by Crippen LogP contribution is 2.30. The minimum Gasteiger partial charge on any atom is -0.478 e. The van der Waals surface area contributed by atoms with Crippen molar-refractivity contribution in [3.05, 3.63) is 53.8 Å². The molecule has 3 nitrogen and oxygen atoms in total. The summed E-state index contributed by atoms with van der Waals surface area (Å²) < 4.78 is 53.9. The number of ether oxygens (including phenoxy) is 1. The van der Waals surface area contributed by atoms with E-state index < -0.39 is 23.9 Å². The van der Waals surface area contributed by atoms with Crippen molar-refractivity contribution in [3.63, 3.8) is 0 Å². The molecule has 110 valence electrons. The molecular weight excluding hydrogens is 292 g/mol. The van der Waals surface area contributed by atoms with Gasteiger partial charge in [-0.05, 0) is 35.9 Å². The topological polar surface area (TPSA) is 46.5 Å². The van der Waals surface area contributed by atoms with Crippen LogP contribution in [-0.2, 0) is 0 Å². The fourth-order valence-electron chi connectivity index (χ4n) is 1.74. The summed E-state index contributed by atoms with van der Waals surface area (Å²) in [5.41, 5.74) is -0.214. The number of hydrogen-bond acceptors (Lipinski definition) is 2. The molecule has 2 rings (SSSR count). The van der Waals surface area contributed by atoms with Crippen molar-refractivity contribution < 1.29 is 32.2 Å². The highest BCUT2D eigenvalue weighted by atomic mass is 19.4. The van der Waals surface area contributed by atoms with E-state index in [2.05, 4.69) is 4.74 Å². The van der Waals surface area contributed by atoms with Gasteiger partial charge in [-0.15, -0.1) is 13.2 Å². The van der Waals surface area contributed by atoms with E-state index in [-0.39, 0.29) is 16.7 Å². The molecule has 0 saturated carbocycles. The minimum atomic E-state index is -4.86. The van der Waals surface area contributed by atoms with E-state index in [1.165, 1.54) is 12.1 Å². The van der Waals surface area contributed by atoms with Gasteiger partial charge < -0.3 is 9.84 Å². The highest BCUT2D eigenvalue weighted by Gasteiger charge is 2.31. The van der Waals surface area contributed by atoms with E-state index in [1.807, 2.05) is 0 Å². The summed E-state index contributed by atoms with van der Waals surface area (Å²) in [6.07, 6.45) is -4.86. The van der Waals surface area contributed by atoms with Crippen LogP contribution in [0.2, 0.25) is 0 Å². The van der Waals surface area contributed by atoms with Gasteiger partial charge in [0.05, 0.1) is 5.56 Å². The van der Waals surface area contributed by atoms with Gasteiger partial charge in [-0.25, -0.2) is 9.18 Å². The van der Waals surface area contributed by atoms with Crippen LogP contribution >= 0.6 is 0 Å². The minimum absolute atomic E-state index is 0.0809. The molecule has 21 heavy (non-hydrogen) atoms. The van der Waals surface area contributed by atoms with E-state index in [9.17, 15) is 22.4 Å². The van der Waals surface area contributed by atoms with Crippen molar-refractivity contribution in [2.75, 3.05) is 0 Å². The number of halogens is 4. The maximum absolute atomic E-state index is 13.7. The number of hydrogen-bond donors (Lipinski definition) is 1. The Hall–Kier alpha value is -2.57. The third-order valence-corrected chi connectivity index (χ3v) is 2.59. The molecule has 0 aromatic heterocycles. The summed E-state index contributed by atoms with van der Waals surface area (Å²) in [5.74, 6) is -2.52. The third kappa shape index (κ3) is 3.71. The molecule has 2 aromatic carbocycles. The molecule has 0 unspecified atom stereocenters. The molecule has 7 heteroatoms. The van der Waals surface area contributed by atoms with Crippen LogP contribution < -0.4 is 4.74 Å². The maximum atomic E-state index is 13.7. The predicted molar refractivity (Wildman–Crippen MR) is 65.5 cm³/mol. The van der Waals surface area contributed by atoms with E-state index >= 15 is 0 Å². The second kappa shape index (κ2) is 5.43. The lowest BCUT2D eigenvalue weighted by Gasteiger charge is -2.11. The monoisotopic (exact) mass is 300 g/mol. The molecule has 2 aromatic rings. The Morgan fingerprint density at radius 1 is 1.10 bits per heavy atom. The van der Waals surface area contributed by atoms with Crippen LogP contribution in [0.4, 0.5) is 17.6 Å². The van der Waals surface area contributed by atoms with Gasteiger partial charge in [0.15, 0.2) is 0 Å². The summed E-state index contributed by atoms with van der Waals surface area (Å²) in [7, 11) is 0. The summed E-state index contributed by atoms with van der Waals surface area (Å²) in [6, 6.07) is 7.71. The Labute approximate surface area is 116 Å². The predicted octanol–water partition coefficient (Wildman–Crippen LogP) is 4.09. The Morgan fingerprint density at radius 2 is 1.81 bits per heavy atom. The van der Waals surface area contributed by atoms with Crippen molar-refractivity contribution in [2.24, 2.45) is 0 Å². The Bertz CT molecular complexity index is 680. The van der Waals surface area contributed by atoms with Gasteiger partial charge in [0, 0.05) is 5.56 Å². The van der Waals surface area contributed by atoms with Crippen molar-refractivity contribution in [3.8, 4) is 16.9 Å². The molecule has 0 amide bonds. The molecule has 0 atom stereocenters. The van der Waals surface area contributed by atoms with Crippen LogP contribution in [-0.4, -0.2) is 17.4 Å². The summed E-state index contributed by atoms with van der Waals surface area (Å²) in [6.45, 7) is 0. The van der Waals surface area contributed by atoms with Gasteiger partial charge in [0.25, 0.3) is 0 Å². The van der Waals surface area contributed by atoms with E-state index in [0.29, 0.717) is 0 Å². The first-order chi connectivity index (χ1) is 9.76. The van der Waals surface area contributed by atoms with Crippen LogP contribution in [0.5, 0.6) is 5.75 Å². The average molecular weight is 300 g/mol. The molecule has 0 bridgehead atoms. The second-order valence-corrected chi connectivity index (χ2v) is 4.08. The highest BCUT2D eigenvalue weighted by molar-refractivity contribution is 5.89. The largest absolute Gasteiger partial charge is 0.573 e. The summed E-state index contributed by atoms with van der Waals surface area (Å²) in [5, 5.41) is 8.86. The lowest BCUT2D eigenvalue weighted by atomic mass is 10.0. The number of carbonyl (C=O) groups is 1. The number of carboxylic acids is 1. The fraction of sp³-hybridized carbons (Fsp3) is 0.0714. The Balaban J connectivity index is 2.45. The smallest absolute Gasteiger partial charge is 0.478 e. The second-order valence-electron chi connectivity index (χ2n) is 4.08. The third-order valence-electron chi connectivity index (χ3n) is 2.59. The number of carboxylic acid groups (broad SMARTS) is 1. The van der Waals surface area contributed by atoms with Gasteiger partial charge in [0.1, 0.15) is 11.6 Å². The lowest BCUT2D eigenvalue weighted by Crippen LogP contribution is -2.17. The molecule has 0 spiro atoms. The van der Waals surface area contributed by atoms with Gasteiger partial charge in [-0.3, -0.25) is 0 Å². The summed E-state index contributed by atoms with van der Waals surface area (Å²) >= 11 is 0. The standard InChI is InChI=1S/C14H8F4O3/c15-12-5-4-9(13(19)20)7-11(12)8-2-1-3-10(6-8)21-14(16,17)18/h1-7H,(H,19,20). The van der Waals surface area contributed by atoms with Crippen LogP contribution in [0.1, 0.15) is 10.4 Å². The number of aromatic carboxylic acids is 1. The van der Waals surface area contributed by atoms with Crippen molar-refractivity contribution in [1.29, 1.82) is 0 Å². The Kier molecular flexibility index (Phi) is 3.84. The zero-order valence-corrected chi connectivity index (χ0v) is 10.3. The molecule has 0 saturated heterocycles.